The Hall–Kier alpha value is -1.14. The predicted octanol–water partition coefficient (Wildman–Crippen LogP) is -0.830. The Labute approximate surface area is 113 Å². The standard InChI is InChI=1S/C13H22N3O3/c1-9(17)15-7-11(18)8-16-10-3-2-5-13(16,6-4-10)12(14)19/h2,10-11,18H,3-8H2,1H3,(H2,14,19)(H,15,17)/t10-,11?,13+/m1/s1. The summed E-state index contributed by atoms with van der Waals surface area (Å²) in [6, 6.07) is 0.285. The number of nitrogens with two attached hydrogens (primary N) is 1. The van der Waals surface area contributed by atoms with Crippen LogP contribution in [0.1, 0.15) is 32.6 Å². The Morgan fingerprint density at radius 2 is 2.37 bits per heavy atom. The number of piperidine rings is 1. The molecule has 107 valence electrons. The van der Waals surface area contributed by atoms with Crippen molar-refractivity contribution in [2.75, 3.05) is 13.1 Å². The van der Waals surface area contributed by atoms with Gasteiger partial charge < -0.3 is 16.2 Å². The molecular formula is C13H22N3O3. The Bertz CT molecular complexity index is 370. The molecule has 2 bridgehead atoms. The fourth-order valence-corrected chi connectivity index (χ4v) is 3.28. The van der Waals surface area contributed by atoms with Crippen molar-refractivity contribution >= 4 is 11.8 Å². The molecule has 0 aromatic carbocycles. The Morgan fingerprint density at radius 3 is 3.00 bits per heavy atom. The number of aliphatic hydroxyl groups is 1. The van der Waals surface area contributed by atoms with E-state index >= 15 is 0 Å². The number of hydrogen-bond donors (Lipinski definition) is 3. The molecule has 2 fully saturated rings. The summed E-state index contributed by atoms with van der Waals surface area (Å²) in [4.78, 5) is 24.7. The molecule has 2 aliphatic heterocycles. The number of carbonyl (C=O) groups is 2. The van der Waals surface area contributed by atoms with E-state index in [4.69, 9.17) is 5.73 Å². The van der Waals surface area contributed by atoms with Crippen LogP contribution in [-0.4, -0.2) is 52.6 Å². The van der Waals surface area contributed by atoms with Crippen LogP contribution in [0.25, 0.3) is 0 Å². The molecule has 2 rings (SSSR count). The molecular weight excluding hydrogens is 246 g/mol. The lowest BCUT2D eigenvalue weighted by molar-refractivity contribution is -0.131. The normalized spacial score (nSPS) is 32.0. The lowest BCUT2D eigenvalue weighted by atomic mass is 9.87. The van der Waals surface area contributed by atoms with Crippen LogP contribution in [0, 0.1) is 6.42 Å². The highest BCUT2D eigenvalue weighted by Crippen LogP contribution is 2.43. The number of aliphatic hydroxyl groups excluding tert-OH is 1. The second-order valence-corrected chi connectivity index (χ2v) is 5.56. The summed E-state index contributed by atoms with van der Waals surface area (Å²) in [6.45, 7) is 2.00. The summed E-state index contributed by atoms with van der Waals surface area (Å²) < 4.78 is 0. The van der Waals surface area contributed by atoms with Crippen LogP contribution in [0.3, 0.4) is 0 Å². The van der Waals surface area contributed by atoms with E-state index in [2.05, 4.69) is 11.7 Å². The average Bonchev–Trinajstić information content (AvgIpc) is 2.57. The summed E-state index contributed by atoms with van der Waals surface area (Å²) >= 11 is 0. The van der Waals surface area contributed by atoms with Crippen LogP contribution in [-0.2, 0) is 9.59 Å². The van der Waals surface area contributed by atoms with Gasteiger partial charge in [0.2, 0.25) is 11.8 Å². The number of β-amino-alcohol motifs (C(OH)–C–C–N with tert-alkyl or cyclic N) is 1. The summed E-state index contributed by atoms with van der Waals surface area (Å²) in [5, 5.41) is 12.6. The van der Waals surface area contributed by atoms with Gasteiger partial charge in [0.1, 0.15) is 5.54 Å². The lowest BCUT2D eigenvalue weighted by Gasteiger charge is -2.43. The van der Waals surface area contributed by atoms with E-state index in [1.165, 1.54) is 6.92 Å². The fraction of sp³-hybridized carbons (Fsp3) is 0.769. The highest BCUT2D eigenvalue weighted by molar-refractivity contribution is 5.85. The van der Waals surface area contributed by atoms with Gasteiger partial charge in [0.05, 0.1) is 6.10 Å². The maximum absolute atomic E-state index is 11.8. The zero-order valence-corrected chi connectivity index (χ0v) is 11.3. The van der Waals surface area contributed by atoms with Gasteiger partial charge in [-0.15, -0.1) is 0 Å². The fourth-order valence-electron chi connectivity index (χ4n) is 3.28. The van der Waals surface area contributed by atoms with Gasteiger partial charge in [-0.25, -0.2) is 0 Å². The van der Waals surface area contributed by atoms with Gasteiger partial charge >= 0.3 is 0 Å². The first-order valence-corrected chi connectivity index (χ1v) is 6.76. The van der Waals surface area contributed by atoms with E-state index in [-0.39, 0.29) is 24.4 Å². The Balaban J connectivity index is 2.01. The summed E-state index contributed by atoms with van der Waals surface area (Å²) in [7, 11) is 0. The largest absolute Gasteiger partial charge is 0.390 e. The third kappa shape index (κ3) is 2.74. The van der Waals surface area contributed by atoms with Crippen molar-refractivity contribution in [2.24, 2.45) is 5.73 Å². The monoisotopic (exact) mass is 268 g/mol. The quantitative estimate of drug-likeness (QED) is 0.606. The van der Waals surface area contributed by atoms with Crippen LogP contribution < -0.4 is 11.1 Å². The van der Waals surface area contributed by atoms with Crippen LogP contribution in [0.5, 0.6) is 0 Å². The smallest absolute Gasteiger partial charge is 0.237 e. The van der Waals surface area contributed by atoms with Gasteiger partial charge in [-0.2, -0.15) is 0 Å². The maximum atomic E-state index is 11.8. The molecule has 2 amide bonds. The number of primary amides is 1. The molecule has 4 N–H and O–H groups in total. The van der Waals surface area contributed by atoms with Crippen LogP contribution in [0.2, 0.25) is 0 Å². The van der Waals surface area contributed by atoms with Gasteiger partial charge in [-0.3, -0.25) is 14.5 Å². The molecule has 1 unspecified atom stereocenters. The van der Waals surface area contributed by atoms with E-state index in [9.17, 15) is 14.7 Å². The number of amides is 2. The predicted molar refractivity (Wildman–Crippen MR) is 69.9 cm³/mol. The topological polar surface area (TPSA) is 95.7 Å². The average molecular weight is 268 g/mol. The third-order valence-corrected chi connectivity index (χ3v) is 4.26. The molecule has 6 heteroatoms. The second-order valence-electron chi connectivity index (χ2n) is 5.56. The van der Waals surface area contributed by atoms with E-state index in [1.54, 1.807) is 0 Å². The van der Waals surface area contributed by atoms with Crippen molar-refractivity contribution in [1.29, 1.82) is 0 Å². The van der Waals surface area contributed by atoms with Crippen molar-refractivity contribution in [2.45, 2.75) is 50.3 Å². The summed E-state index contributed by atoms with van der Waals surface area (Å²) in [5.41, 5.74) is 4.95. The highest BCUT2D eigenvalue weighted by Gasteiger charge is 2.52. The van der Waals surface area contributed by atoms with Crippen molar-refractivity contribution in [3.8, 4) is 0 Å². The second kappa shape index (κ2) is 5.46. The summed E-state index contributed by atoms with van der Waals surface area (Å²) in [5.74, 6) is -0.476. The third-order valence-electron chi connectivity index (χ3n) is 4.26. The minimum absolute atomic E-state index is 0.168. The first kappa shape index (κ1) is 14.3. The molecule has 1 radical (unpaired) electrons. The van der Waals surface area contributed by atoms with Crippen LogP contribution >= 0.6 is 0 Å². The van der Waals surface area contributed by atoms with Crippen molar-refractivity contribution in [3.63, 3.8) is 0 Å². The number of carbonyl (C=O) groups excluding carboxylic acids is 2. The van der Waals surface area contributed by atoms with Crippen LogP contribution in [0.15, 0.2) is 0 Å². The van der Waals surface area contributed by atoms with Crippen molar-refractivity contribution < 1.29 is 14.7 Å². The molecule has 0 spiro atoms. The molecule has 6 nitrogen and oxygen atoms in total. The van der Waals surface area contributed by atoms with E-state index in [0.717, 1.165) is 19.3 Å². The van der Waals surface area contributed by atoms with Gasteiger partial charge in [0.25, 0.3) is 0 Å². The number of rotatable bonds is 5. The summed E-state index contributed by atoms with van der Waals surface area (Å²) in [6.07, 6.45) is 4.73. The zero-order chi connectivity index (χ0) is 14.0. The van der Waals surface area contributed by atoms with E-state index in [0.29, 0.717) is 13.0 Å². The molecule has 0 saturated carbocycles. The number of nitrogens with one attached hydrogen (secondary N) is 1. The number of fused-ring (bicyclic) bond motifs is 2. The van der Waals surface area contributed by atoms with Crippen LogP contribution in [0.4, 0.5) is 0 Å². The molecule has 19 heavy (non-hydrogen) atoms. The Morgan fingerprint density at radius 1 is 1.63 bits per heavy atom. The van der Waals surface area contributed by atoms with E-state index in [1.807, 2.05) is 4.90 Å². The lowest BCUT2D eigenvalue weighted by Crippen LogP contribution is -2.60. The van der Waals surface area contributed by atoms with Crippen molar-refractivity contribution in [3.05, 3.63) is 6.42 Å². The number of nitrogens with zero attached hydrogens (tertiary/aromatic N) is 1. The first-order valence-electron chi connectivity index (χ1n) is 6.76. The maximum Gasteiger partial charge on any atom is 0.237 e. The first-order chi connectivity index (χ1) is 8.95. The molecule has 2 saturated heterocycles. The molecule has 0 aromatic heterocycles. The Kier molecular flexibility index (Phi) is 4.10. The van der Waals surface area contributed by atoms with Gasteiger partial charge in [-0.1, -0.05) is 0 Å². The molecule has 3 atom stereocenters. The van der Waals surface area contributed by atoms with Gasteiger partial charge in [0, 0.05) is 26.1 Å². The molecule has 0 aliphatic carbocycles. The number of hydrogen-bond acceptors (Lipinski definition) is 4. The minimum Gasteiger partial charge on any atom is -0.390 e. The van der Waals surface area contributed by atoms with E-state index < -0.39 is 11.6 Å². The minimum atomic E-state index is -0.679. The molecule has 0 aromatic rings. The SMILES string of the molecule is CC(=O)NCC(O)CN1[C@@H]2C[CH]C[C@@]1(C(N)=O)CC2. The molecule has 2 heterocycles. The molecule has 2 aliphatic rings. The highest BCUT2D eigenvalue weighted by atomic mass is 16.3. The van der Waals surface area contributed by atoms with Gasteiger partial charge in [0.15, 0.2) is 0 Å². The zero-order valence-electron chi connectivity index (χ0n) is 11.3. The van der Waals surface area contributed by atoms with Crippen molar-refractivity contribution in [1.82, 2.24) is 10.2 Å². The van der Waals surface area contributed by atoms with Gasteiger partial charge in [-0.05, 0) is 32.1 Å².